The number of benzene rings is 1. The molecule has 78 valence electrons. The van der Waals surface area contributed by atoms with E-state index in [-0.39, 0.29) is 5.92 Å². The van der Waals surface area contributed by atoms with E-state index in [4.69, 9.17) is 16.3 Å². The van der Waals surface area contributed by atoms with E-state index >= 15 is 0 Å². The van der Waals surface area contributed by atoms with Gasteiger partial charge in [-0.15, -0.1) is 0 Å². The van der Waals surface area contributed by atoms with Gasteiger partial charge in [0.05, 0.1) is 18.2 Å². The van der Waals surface area contributed by atoms with Crippen LogP contribution in [-0.2, 0) is 4.79 Å². The summed E-state index contributed by atoms with van der Waals surface area (Å²) in [4.78, 5) is 13.7. The van der Waals surface area contributed by atoms with E-state index in [1.165, 1.54) is 0 Å². The minimum Gasteiger partial charge on any atom is -0.492 e. The zero-order chi connectivity index (χ0) is 10.7. The average molecular weight is 224 g/mol. The molecule has 0 aromatic heterocycles. The summed E-state index contributed by atoms with van der Waals surface area (Å²) in [7, 11) is 0. The number of fused-ring (bicyclic) bond motifs is 1. The number of rotatable bonds is 2. The monoisotopic (exact) mass is 223 g/mol. The number of para-hydroxylation sites is 1. The molecule has 3 nitrogen and oxygen atoms in total. The van der Waals surface area contributed by atoms with Gasteiger partial charge in [0, 0.05) is 11.5 Å². The van der Waals surface area contributed by atoms with Gasteiger partial charge in [-0.3, -0.25) is 0 Å². The second kappa shape index (κ2) is 4.47. The second-order valence-corrected chi connectivity index (χ2v) is 3.83. The first kappa shape index (κ1) is 10.2. The van der Waals surface area contributed by atoms with Crippen molar-refractivity contribution in [2.75, 3.05) is 13.2 Å². The fourth-order valence-corrected chi connectivity index (χ4v) is 2.03. The van der Waals surface area contributed by atoms with Crippen LogP contribution < -0.4 is 4.74 Å². The Labute approximate surface area is 92.7 Å². The van der Waals surface area contributed by atoms with Gasteiger partial charge >= 0.3 is 0 Å². The molecule has 0 radical (unpaired) electrons. The summed E-state index contributed by atoms with van der Waals surface area (Å²) in [5.41, 5.74) is 1.03. The number of carbonyl (C=O) groups excluding carboxylic acids is 1. The molecule has 0 amide bonds. The van der Waals surface area contributed by atoms with Gasteiger partial charge in [0.1, 0.15) is 5.75 Å². The molecular weight excluding hydrogens is 214 g/mol. The van der Waals surface area contributed by atoms with Crippen LogP contribution in [0.1, 0.15) is 17.9 Å². The van der Waals surface area contributed by atoms with Crippen LogP contribution in [0.2, 0.25) is 5.02 Å². The third-order valence-corrected chi connectivity index (χ3v) is 2.82. The first-order valence-electron chi connectivity index (χ1n) is 4.77. The van der Waals surface area contributed by atoms with Crippen molar-refractivity contribution in [2.24, 2.45) is 4.99 Å². The molecule has 4 heteroatoms. The molecule has 15 heavy (non-hydrogen) atoms. The summed E-state index contributed by atoms with van der Waals surface area (Å²) < 4.78 is 5.49. The van der Waals surface area contributed by atoms with E-state index in [2.05, 4.69) is 4.99 Å². The van der Waals surface area contributed by atoms with E-state index in [0.717, 1.165) is 17.7 Å². The number of hydrogen-bond donors (Lipinski definition) is 0. The second-order valence-electron chi connectivity index (χ2n) is 3.42. The lowest BCUT2D eigenvalue weighted by Gasteiger charge is -2.24. The Hall–Kier alpha value is -1.31. The molecule has 1 atom stereocenters. The SMILES string of the molecule is O=C=NCC1CCOc2c(Cl)cccc21. The molecule has 0 saturated heterocycles. The highest BCUT2D eigenvalue weighted by molar-refractivity contribution is 6.32. The van der Waals surface area contributed by atoms with E-state index in [1.54, 1.807) is 12.1 Å². The topological polar surface area (TPSA) is 38.7 Å². The summed E-state index contributed by atoms with van der Waals surface area (Å²) in [5, 5.41) is 0.618. The van der Waals surface area contributed by atoms with E-state index in [0.29, 0.717) is 18.2 Å². The van der Waals surface area contributed by atoms with Crippen LogP contribution in [0.15, 0.2) is 23.2 Å². The van der Waals surface area contributed by atoms with Crippen molar-refractivity contribution in [1.29, 1.82) is 0 Å². The maximum Gasteiger partial charge on any atom is 0.234 e. The molecule has 0 N–H and O–H groups in total. The molecule has 0 bridgehead atoms. The molecule has 0 saturated carbocycles. The lowest BCUT2D eigenvalue weighted by molar-refractivity contribution is 0.269. The minimum absolute atomic E-state index is 0.217. The summed E-state index contributed by atoms with van der Waals surface area (Å²) in [5.74, 6) is 0.949. The van der Waals surface area contributed by atoms with Crippen molar-refractivity contribution >= 4 is 17.7 Å². The molecule has 1 unspecified atom stereocenters. The summed E-state index contributed by atoms with van der Waals surface area (Å²) in [6.45, 7) is 1.08. The molecular formula is C11H10ClNO2. The number of halogens is 1. The van der Waals surface area contributed by atoms with Gasteiger partial charge in [-0.25, -0.2) is 9.79 Å². The fraction of sp³-hybridized carbons (Fsp3) is 0.364. The quantitative estimate of drug-likeness (QED) is 0.571. The summed E-state index contributed by atoms with van der Waals surface area (Å²) >= 11 is 6.01. The predicted octanol–water partition coefficient (Wildman–Crippen LogP) is 2.54. The molecule has 2 rings (SSSR count). The molecule has 0 fully saturated rings. The lowest BCUT2D eigenvalue weighted by atomic mass is 9.93. The number of aliphatic imine (C=N–C) groups is 1. The van der Waals surface area contributed by atoms with E-state index in [1.807, 2.05) is 12.1 Å². The van der Waals surface area contributed by atoms with Gasteiger partial charge in [-0.1, -0.05) is 23.7 Å². The van der Waals surface area contributed by atoms with Crippen LogP contribution in [0, 0.1) is 0 Å². The van der Waals surface area contributed by atoms with Gasteiger partial charge in [-0.05, 0) is 12.5 Å². The van der Waals surface area contributed by atoms with Crippen LogP contribution in [0.4, 0.5) is 0 Å². The molecule has 1 aromatic rings. The average Bonchev–Trinajstić information content (AvgIpc) is 2.27. The van der Waals surface area contributed by atoms with Gasteiger partial charge in [-0.2, -0.15) is 0 Å². The lowest BCUT2D eigenvalue weighted by Crippen LogP contribution is -2.16. The minimum atomic E-state index is 0.217. The van der Waals surface area contributed by atoms with Crippen LogP contribution in [-0.4, -0.2) is 19.2 Å². The Kier molecular flexibility index (Phi) is 3.05. The molecule has 1 aliphatic rings. The van der Waals surface area contributed by atoms with Gasteiger partial charge in [0.15, 0.2) is 0 Å². The molecule has 1 aromatic carbocycles. The standard InChI is InChI=1S/C11H10ClNO2/c12-10-3-1-2-9-8(6-13-7-14)4-5-15-11(9)10/h1-3,8H,4-6H2. The predicted molar refractivity (Wildman–Crippen MR) is 57.3 cm³/mol. The Morgan fingerprint density at radius 2 is 2.47 bits per heavy atom. The van der Waals surface area contributed by atoms with E-state index in [9.17, 15) is 4.79 Å². The smallest absolute Gasteiger partial charge is 0.234 e. The summed E-state index contributed by atoms with van der Waals surface area (Å²) in [6, 6.07) is 5.64. The Balaban J connectivity index is 2.33. The fourth-order valence-electron chi connectivity index (χ4n) is 1.80. The van der Waals surface area contributed by atoms with Gasteiger partial charge < -0.3 is 4.74 Å². The number of ether oxygens (including phenoxy) is 1. The Bertz CT molecular complexity index is 413. The third kappa shape index (κ3) is 2.04. The molecule has 1 heterocycles. The number of isocyanates is 1. The highest BCUT2D eigenvalue weighted by Crippen LogP contribution is 2.38. The highest BCUT2D eigenvalue weighted by Gasteiger charge is 2.22. The first-order chi connectivity index (χ1) is 7.33. The maximum atomic E-state index is 10.1. The normalized spacial score (nSPS) is 18.6. The number of nitrogens with zero attached hydrogens (tertiary/aromatic N) is 1. The zero-order valence-electron chi connectivity index (χ0n) is 8.07. The van der Waals surface area contributed by atoms with Crippen molar-refractivity contribution in [3.05, 3.63) is 28.8 Å². The highest BCUT2D eigenvalue weighted by atomic mass is 35.5. The maximum absolute atomic E-state index is 10.1. The van der Waals surface area contributed by atoms with Crippen molar-refractivity contribution in [3.63, 3.8) is 0 Å². The third-order valence-electron chi connectivity index (χ3n) is 2.53. The van der Waals surface area contributed by atoms with Crippen molar-refractivity contribution in [2.45, 2.75) is 12.3 Å². The largest absolute Gasteiger partial charge is 0.492 e. The van der Waals surface area contributed by atoms with Crippen LogP contribution in [0.3, 0.4) is 0 Å². The van der Waals surface area contributed by atoms with E-state index < -0.39 is 0 Å². The van der Waals surface area contributed by atoms with Crippen molar-refractivity contribution in [3.8, 4) is 5.75 Å². The zero-order valence-corrected chi connectivity index (χ0v) is 8.83. The molecule has 0 aliphatic carbocycles. The van der Waals surface area contributed by atoms with Gasteiger partial charge in [0.2, 0.25) is 6.08 Å². The first-order valence-corrected chi connectivity index (χ1v) is 5.15. The molecule has 0 spiro atoms. The van der Waals surface area contributed by atoms with Gasteiger partial charge in [0.25, 0.3) is 0 Å². The Morgan fingerprint density at radius 1 is 1.60 bits per heavy atom. The summed E-state index contributed by atoms with van der Waals surface area (Å²) in [6.07, 6.45) is 2.42. The van der Waals surface area contributed by atoms with Crippen LogP contribution in [0.5, 0.6) is 5.75 Å². The van der Waals surface area contributed by atoms with Crippen molar-refractivity contribution < 1.29 is 9.53 Å². The van der Waals surface area contributed by atoms with Crippen LogP contribution in [0.25, 0.3) is 0 Å². The number of hydrogen-bond acceptors (Lipinski definition) is 3. The Morgan fingerprint density at radius 3 is 3.27 bits per heavy atom. The van der Waals surface area contributed by atoms with Crippen molar-refractivity contribution in [1.82, 2.24) is 0 Å². The van der Waals surface area contributed by atoms with Crippen LogP contribution >= 0.6 is 11.6 Å². The molecule has 1 aliphatic heterocycles.